The minimum atomic E-state index is -0.380. The molecular weight excluding hydrogens is 537 g/mol. The van der Waals surface area contributed by atoms with Crippen molar-refractivity contribution in [2.75, 3.05) is 17.2 Å². The summed E-state index contributed by atoms with van der Waals surface area (Å²) < 4.78 is 15.8. The largest absolute Gasteiger partial charge is 0.350 e. The Bertz CT molecular complexity index is 1580. The Morgan fingerprint density at radius 3 is 2.46 bits per heavy atom. The van der Waals surface area contributed by atoms with Gasteiger partial charge in [0.25, 0.3) is 0 Å². The van der Waals surface area contributed by atoms with Crippen LogP contribution in [0.1, 0.15) is 59.5 Å². The van der Waals surface area contributed by atoms with E-state index in [1.165, 1.54) is 23.9 Å². The molecule has 0 fully saturated rings. The van der Waals surface area contributed by atoms with E-state index in [1.807, 2.05) is 48.9 Å². The van der Waals surface area contributed by atoms with Gasteiger partial charge in [-0.05, 0) is 66.4 Å². The Hall–Kier alpha value is -3.98. The van der Waals surface area contributed by atoms with Gasteiger partial charge in [-0.3, -0.25) is 19.5 Å². The van der Waals surface area contributed by atoms with Crippen LogP contribution >= 0.6 is 11.8 Å². The normalized spacial score (nSPS) is 15.4. The summed E-state index contributed by atoms with van der Waals surface area (Å²) in [6.45, 7) is 10.5. The number of rotatable bonds is 6. The molecule has 0 aliphatic carbocycles. The molecule has 5 rings (SSSR count). The highest BCUT2D eigenvalue weighted by Gasteiger charge is 2.40. The monoisotopic (exact) mass is 571 g/mol. The molecule has 1 N–H and O–H groups in total. The van der Waals surface area contributed by atoms with Gasteiger partial charge in [-0.25, -0.2) is 9.07 Å². The molecule has 0 bridgehead atoms. The number of thioether (sulfide) groups is 1. The second kappa shape index (κ2) is 11.5. The van der Waals surface area contributed by atoms with Crippen molar-refractivity contribution in [2.24, 2.45) is 0 Å². The molecule has 0 saturated heterocycles. The molecule has 3 heterocycles. The van der Waals surface area contributed by atoms with E-state index >= 15 is 0 Å². The highest BCUT2D eigenvalue weighted by molar-refractivity contribution is 8.00. The average molecular weight is 572 g/mol. The quantitative estimate of drug-likeness (QED) is 0.316. The molecule has 7 nitrogen and oxygen atoms in total. The lowest BCUT2D eigenvalue weighted by Crippen LogP contribution is -2.42. The number of halogens is 1. The topological polar surface area (TPSA) is 80.1 Å². The standard InChI is InChI=1S/C32H34FN5O2S/c1-20-7-6-8-25(21(20)2)38-31-28(30(36-38)32(3,4)5)29(23-9-11-24(33)12-10-23)41-19-27(40)37(31)18-26(39)35-17-22-13-15-34-16-14-22/h6-16,29H,17-19H2,1-5H3,(H,35,39). The van der Waals surface area contributed by atoms with Crippen LogP contribution < -0.4 is 10.2 Å². The maximum atomic E-state index is 13.9. The molecule has 212 valence electrons. The number of fused-ring (bicyclic) bond motifs is 1. The molecule has 0 radical (unpaired) electrons. The number of nitrogens with one attached hydrogen (secondary N) is 1. The second-order valence-electron chi connectivity index (χ2n) is 11.3. The van der Waals surface area contributed by atoms with Gasteiger partial charge in [0.15, 0.2) is 0 Å². The number of carbonyl (C=O) groups is 2. The highest BCUT2D eigenvalue weighted by atomic mass is 32.2. The third-order valence-corrected chi connectivity index (χ3v) is 8.57. The molecule has 41 heavy (non-hydrogen) atoms. The van der Waals surface area contributed by atoms with Gasteiger partial charge in [-0.1, -0.05) is 45.0 Å². The zero-order valence-corrected chi connectivity index (χ0v) is 24.8. The van der Waals surface area contributed by atoms with E-state index in [4.69, 9.17) is 5.10 Å². The van der Waals surface area contributed by atoms with E-state index in [2.05, 4.69) is 31.1 Å². The van der Waals surface area contributed by atoms with Crippen LogP contribution in [-0.2, 0) is 21.5 Å². The minimum absolute atomic E-state index is 0.157. The molecule has 0 spiro atoms. The fourth-order valence-corrected chi connectivity index (χ4v) is 6.21. The summed E-state index contributed by atoms with van der Waals surface area (Å²) >= 11 is 1.48. The number of hydrogen-bond donors (Lipinski definition) is 1. The number of benzene rings is 2. The molecule has 1 unspecified atom stereocenters. The summed E-state index contributed by atoms with van der Waals surface area (Å²) in [7, 11) is 0. The maximum absolute atomic E-state index is 13.9. The molecule has 4 aromatic rings. The van der Waals surface area contributed by atoms with Crippen molar-refractivity contribution >= 4 is 29.4 Å². The molecule has 2 aromatic carbocycles. The Morgan fingerprint density at radius 2 is 1.78 bits per heavy atom. The first kappa shape index (κ1) is 28.5. The van der Waals surface area contributed by atoms with Crippen molar-refractivity contribution < 1.29 is 14.0 Å². The number of anilines is 1. The minimum Gasteiger partial charge on any atom is -0.350 e. The fraction of sp³-hybridized carbons (Fsp3) is 0.312. The molecule has 2 amide bonds. The number of aromatic nitrogens is 3. The van der Waals surface area contributed by atoms with E-state index in [0.29, 0.717) is 12.4 Å². The van der Waals surface area contributed by atoms with Gasteiger partial charge in [-0.15, -0.1) is 11.8 Å². The number of pyridine rings is 1. The lowest BCUT2D eigenvalue weighted by Gasteiger charge is -2.25. The van der Waals surface area contributed by atoms with Crippen LogP contribution in [0, 0.1) is 19.7 Å². The summed E-state index contributed by atoms with van der Waals surface area (Å²) in [6.07, 6.45) is 3.35. The van der Waals surface area contributed by atoms with Crippen molar-refractivity contribution in [3.05, 3.63) is 106 Å². The Balaban J connectivity index is 1.68. The summed E-state index contributed by atoms with van der Waals surface area (Å²) in [6, 6.07) is 16.1. The van der Waals surface area contributed by atoms with Gasteiger partial charge >= 0.3 is 0 Å². The number of amides is 2. The van der Waals surface area contributed by atoms with Crippen LogP contribution in [0.2, 0.25) is 0 Å². The molecular formula is C32H34FN5O2S. The van der Waals surface area contributed by atoms with Crippen LogP contribution in [-0.4, -0.2) is 38.9 Å². The van der Waals surface area contributed by atoms with Crippen LogP contribution in [0.15, 0.2) is 67.0 Å². The fourth-order valence-electron chi connectivity index (χ4n) is 5.01. The predicted molar refractivity (Wildman–Crippen MR) is 161 cm³/mol. The van der Waals surface area contributed by atoms with Crippen LogP contribution in [0.3, 0.4) is 0 Å². The summed E-state index contributed by atoms with van der Waals surface area (Å²) in [5.74, 6) is -0.0559. The highest BCUT2D eigenvalue weighted by Crippen LogP contribution is 2.48. The van der Waals surface area contributed by atoms with Gasteiger partial charge in [0, 0.05) is 29.9 Å². The van der Waals surface area contributed by atoms with Crippen molar-refractivity contribution in [3.8, 4) is 5.69 Å². The summed E-state index contributed by atoms with van der Waals surface area (Å²) in [5.41, 5.74) is 6.07. The number of nitrogens with zero attached hydrogens (tertiary/aromatic N) is 4. The summed E-state index contributed by atoms with van der Waals surface area (Å²) in [5, 5.41) is 7.81. The lowest BCUT2D eigenvalue weighted by atomic mass is 9.87. The van der Waals surface area contributed by atoms with E-state index in [9.17, 15) is 14.0 Å². The Morgan fingerprint density at radius 1 is 1.07 bits per heavy atom. The molecule has 1 atom stereocenters. The first-order valence-electron chi connectivity index (χ1n) is 13.6. The third-order valence-electron chi connectivity index (χ3n) is 7.32. The predicted octanol–water partition coefficient (Wildman–Crippen LogP) is 5.81. The number of aryl methyl sites for hydroxylation is 1. The number of carbonyl (C=O) groups excluding carboxylic acids is 2. The first-order chi connectivity index (χ1) is 19.5. The van der Waals surface area contributed by atoms with Crippen molar-refractivity contribution in [1.82, 2.24) is 20.1 Å². The smallest absolute Gasteiger partial charge is 0.240 e. The van der Waals surface area contributed by atoms with Gasteiger partial charge in [0.05, 0.1) is 22.4 Å². The van der Waals surface area contributed by atoms with Crippen molar-refractivity contribution in [2.45, 2.75) is 51.8 Å². The van der Waals surface area contributed by atoms with E-state index in [0.717, 1.165) is 39.2 Å². The molecule has 1 aliphatic rings. The van der Waals surface area contributed by atoms with Gasteiger partial charge in [-0.2, -0.15) is 5.10 Å². The van der Waals surface area contributed by atoms with Crippen LogP contribution in [0.5, 0.6) is 0 Å². The first-order valence-corrected chi connectivity index (χ1v) is 14.6. The van der Waals surface area contributed by atoms with E-state index < -0.39 is 0 Å². The van der Waals surface area contributed by atoms with E-state index in [-0.39, 0.29) is 40.6 Å². The Labute approximate surface area is 244 Å². The van der Waals surface area contributed by atoms with Crippen LogP contribution in [0.25, 0.3) is 5.69 Å². The molecule has 2 aromatic heterocycles. The molecule has 0 saturated carbocycles. The number of hydrogen-bond acceptors (Lipinski definition) is 5. The van der Waals surface area contributed by atoms with Crippen molar-refractivity contribution in [1.29, 1.82) is 0 Å². The van der Waals surface area contributed by atoms with Crippen molar-refractivity contribution in [3.63, 3.8) is 0 Å². The SMILES string of the molecule is Cc1cccc(-n2nc(C(C)(C)C)c3c2N(CC(=O)NCc2ccncc2)C(=O)CSC3c2ccc(F)cc2)c1C. The second-order valence-corrected chi connectivity index (χ2v) is 12.4. The molecule has 1 aliphatic heterocycles. The van der Waals surface area contributed by atoms with Gasteiger partial charge in [0.2, 0.25) is 11.8 Å². The third kappa shape index (κ3) is 5.91. The molecule has 9 heteroatoms. The van der Waals surface area contributed by atoms with Gasteiger partial charge < -0.3 is 5.32 Å². The van der Waals surface area contributed by atoms with Crippen LogP contribution in [0.4, 0.5) is 10.2 Å². The van der Waals surface area contributed by atoms with Gasteiger partial charge in [0.1, 0.15) is 18.2 Å². The lowest BCUT2D eigenvalue weighted by molar-refractivity contribution is -0.123. The zero-order chi connectivity index (χ0) is 29.3. The summed E-state index contributed by atoms with van der Waals surface area (Å²) in [4.78, 5) is 32.7. The maximum Gasteiger partial charge on any atom is 0.240 e. The zero-order valence-electron chi connectivity index (χ0n) is 23.9. The average Bonchev–Trinajstić information content (AvgIpc) is 3.28. The van der Waals surface area contributed by atoms with E-state index in [1.54, 1.807) is 29.4 Å². The Kier molecular flexibility index (Phi) is 8.00.